The highest BCUT2D eigenvalue weighted by Gasteiger charge is 2.54. The van der Waals surface area contributed by atoms with Crippen LogP contribution in [0, 0.1) is 0 Å². The summed E-state index contributed by atoms with van der Waals surface area (Å²) in [6.07, 6.45) is 1.75. The van der Waals surface area contributed by atoms with Crippen molar-refractivity contribution < 1.29 is 37.9 Å². The van der Waals surface area contributed by atoms with E-state index in [2.05, 4.69) is 25.5 Å². The molecule has 208 valence electrons. The van der Waals surface area contributed by atoms with E-state index < -0.39 is 41.9 Å². The zero-order chi connectivity index (χ0) is 27.9. The maximum absolute atomic E-state index is 13.1. The Morgan fingerprint density at radius 3 is 2.77 bits per heavy atom. The van der Waals surface area contributed by atoms with E-state index in [4.69, 9.17) is 21.1 Å². The lowest BCUT2D eigenvalue weighted by Gasteiger charge is -2.49. The SMILES string of the molecule is COc1ccc(COC(=O)C2=C(CCl)CS[C@@H]3[C@H](NC(=O)C(=NOCF)N4C=C(NC=O)SN4)C(=O)N23)cc1. The zero-order valence-electron chi connectivity index (χ0n) is 20.2. The molecule has 0 spiro atoms. The van der Waals surface area contributed by atoms with E-state index in [1.807, 2.05) is 0 Å². The van der Waals surface area contributed by atoms with E-state index in [1.54, 1.807) is 31.4 Å². The number of ether oxygens (including phenoxy) is 2. The molecular weight excluding hydrogens is 579 g/mol. The van der Waals surface area contributed by atoms with Crippen LogP contribution in [0.3, 0.4) is 0 Å². The molecule has 0 aliphatic carbocycles. The second-order valence-corrected chi connectivity index (χ2v) is 10.0. The molecule has 1 fully saturated rings. The summed E-state index contributed by atoms with van der Waals surface area (Å²) in [6.45, 7) is -1.34. The first-order valence-electron chi connectivity index (χ1n) is 11.1. The van der Waals surface area contributed by atoms with Crippen molar-refractivity contribution in [1.82, 2.24) is 25.4 Å². The van der Waals surface area contributed by atoms with Crippen molar-refractivity contribution in [2.24, 2.45) is 5.16 Å². The highest BCUT2D eigenvalue weighted by molar-refractivity contribution is 8.01. The van der Waals surface area contributed by atoms with Gasteiger partial charge in [0.15, 0.2) is 0 Å². The van der Waals surface area contributed by atoms with Gasteiger partial charge in [0, 0.05) is 11.6 Å². The number of carbonyl (C=O) groups is 4. The van der Waals surface area contributed by atoms with Gasteiger partial charge in [-0.2, -0.15) is 4.83 Å². The van der Waals surface area contributed by atoms with Crippen molar-refractivity contribution >= 4 is 65.3 Å². The quantitative estimate of drug-likeness (QED) is 0.0513. The number of carbonyl (C=O) groups excluding carboxylic acids is 4. The van der Waals surface area contributed by atoms with Crippen LogP contribution in [-0.4, -0.2) is 77.0 Å². The average Bonchev–Trinajstić information content (AvgIpc) is 3.42. The maximum atomic E-state index is 13.1. The Labute approximate surface area is 235 Å². The molecule has 39 heavy (non-hydrogen) atoms. The molecule has 17 heteroatoms. The number of amides is 3. The van der Waals surface area contributed by atoms with Gasteiger partial charge in [0.05, 0.1) is 13.3 Å². The Hall–Kier alpha value is -3.47. The second-order valence-electron chi connectivity index (χ2n) is 7.84. The number of β-lactam (4-membered cyclic amide) rings is 1. The van der Waals surface area contributed by atoms with Crippen LogP contribution in [0.25, 0.3) is 0 Å². The van der Waals surface area contributed by atoms with E-state index in [-0.39, 0.29) is 18.2 Å². The average molecular weight is 601 g/mol. The van der Waals surface area contributed by atoms with Gasteiger partial charge in [-0.3, -0.25) is 19.3 Å². The summed E-state index contributed by atoms with van der Waals surface area (Å²) in [4.78, 5) is 58.2. The van der Waals surface area contributed by atoms with Crippen LogP contribution in [0.5, 0.6) is 5.75 Å². The normalized spacial score (nSPS) is 20.5. The lowest BCUT2D eigenvalue weighted by molar-refractivity contribution is -0.153. The number of thioether (sulfide) groups is 1. The molecule has 13 nitrogen and oxygen atoms in total. The predicted octanol–water partition coefficient (Wildman–Crippen LogP) is 0.902. The molecule has 0 aromatic heterocycles. The summed E-state index contributed by atoms with van der Waals surface area (Å²) in [5.74, 6) is -1.58. The molecule has 3 N–H and O–H groups in total. The summed E-state index contributed by atoms with van der Waals surface area (Å²) in [7, 11) is 1.54. The third kappa shape index (κ3) is 6.24. The number of esters is 1. The first-order chi connectivity index (χ1) is 18.9. The minimum Gasteiger partial charge on any atom is -0.497 e. The summed E-state index contributed by atoms with van der Waals surface area (Å²) in [6, 6.07) is 5.93. The molecule has 1 saturated heterocycles. The van der Waals surface area contributed by atoms with E-state index in [0.717, 1.165) is 22.5 Å². The molecule has 4 rings (SSSR count). The van der Waals surface area contributed by atoms with E-state index >= 15 is 0 Å². The van der Waals surface area contributed by atoms with Crippen molar-refractivity contribution in [3.8, 4) is 5.75 Å². The molecular formula is C22H22ClFN6O7S2. The van der Waals surface area contributed by atoms with Gasteiger partial charge in [-0.05, 0) is 35.2 Å². The largest absolute Gasteiger partial charge is 0.497 e. The van der Waals surface area contributed by atoms with Crippen molar-refractivity contribution in [1.29, 1.82) is 0 Å². The minimum atomic E-state index is -1.30. The number of benzene rings is 1. The minimum absolute atomic E-state index is 0.00661. The number of nitrogens with one attached hydrogen (secondary N) is 3. The zero-order valence-corrected chi connectivity index (χ0v) is 22.6. The fourth-order valence-electron chi connectivity index (χ4n) is 3.70. The number of amidine groups is 1. The first kappa shape index (κ1) is 28.5. The summed E-state index contributed by atoms with van der Waals surface area (Å²) in [5, 5.41) is 9.20. The Morgan fingerprint density at radius 1 is 1.33 bits per heavy atom. The number of hydrogen-bond acceptors (Lipinski definition) is 11. The maximum Gasteiger partial charge on any atom is 0.355 e. The van der Waals surface area contributed by atoms with Crippen LogP contribution < -0.4 is 20.2 Å². The number of hydrazine groups is 1. The number of alkyl halides is 2. The van der Waals surface area contributed by atoms with Crippen LogP contribution in [0.4, 0.5) is 4.39 Å². The van der Waals surface area contributed by atoms with Crippen LogP contribution in [0.15, 0.2) is 51.9 Å². The fraction of sp³-hybridized carbons (Fsp3) is 0.318. The molecule has 2 atom stereocenters. The van der Waals surface area contributed by atoms with Crippen molar-refractivity contribution in [2.45, 2.75) is 18.0 Å². The van der Waals surface area contributed by atoms with Gasteiger partial charge in [0.25, 0.3) is 24.5 Å². The molecule has 0 unspecified atom stereocenters. The predicted molar refractivity (Wildman–Crippen MR) is 140 cm³/mol. The number of nitrogens with zero attached hydrogens (tertiary/aromatic N) is 3. The Balaban J connectivity index is 1.44. The van der Waals surface area contributed by atoms with Gasteiger partial charge in [-0.25, -0.2) is 14.2 Å². The molecule has 3 amide bonds. The molecule has 1 aromatic carbocycles. The molecule has 1 aromatic rings. The summed E-state index contributed by atoms with van der Waals surface area (Å²) < 4.78 is 23.2. The Morgan fingerprint density at radius 2 is 2.10 bits per heavy atom. The van der Waals surface area contributed by atoms with Crippen molar-refractivity contribution in [3.63, 3.8) is 0 Å². The first-order valence-corrected chi connectivity index (χ1v) is 13.5. The molecule has 0 bridgehead atoms. The van der Waals surface area contributed by atoms with Gasteiger partial charge in [0.2, 0.25) is 6.41 Å². The number of methoxy groups -OCH3 is 1. The fourth-order valence-corrected chi connectivity index (χ4v) is 5.98. The van der Waals surface area contributed by atoms with Crippen LogP contribution in [0.2, 0.25) is 0 Å². The number of rotatable bonds is 10. The van der Waals surface area contributed by atoms with Gasteiger partial charge >= 0.3 is 5.97 Å². The van der Waals surface area contributed by atoms with E-state index in [9.17, 15) is 23.6 Å². The van der Waals surface area contributed by atoms with Crippen LogP contribution in [-0.2, 0) is 35.4 Å². The van der Waals surface area contributed by atoms with Gasteiger partial charge in [0.1, 0.15) is 34.5 Å². The van der Waals surface area contributed by atoms with Crippen LogP contribution in [0.1, 0.15) is 5.56 Å². The van der Waals surface area contributed by atoms with Gasteiger partial charge in [-0.1, -0.05) is 17.3 Å². The Bertz CT molecular complexity index is 1230. The molecule has 3 heterocycles. The summed E-state index contributed by atoms with van der Waals surface area (Å²) >= 11 is 8.33. The summed E-state index contributed by atoms with van der Waals surface area (Å²) in [5.41, 5.74) is 1.28. The molecule has 0 radical (unpaired) electrons. The molecule has 3 aliphatic heterocycles. The lowest BCUT2D eigenvalue weighted by Crippen LogP contribution is -2.71. The van der Waals surface area contributed by atoms with E-state index in [0.29, 0.717) is 28.5 Å². The molecule has 0 saturated carbocycles. The third-order valence-corrected chi connectivity index (χ3v) is 7.94. The highest BCUT2D eigenvalue weighted by atomic mass is 35.5. The third-order valence-electron chi connectivity index (χ3n) is 5.55. The lowest BCUT2D eigenvalue weighted by atomic mass is 10.0. The van der Waals surface area contributed by atoms with Crippen molar-refractivity contribution in [3.05, 3.63) is 52.3 Å². The smallest absolute Gasteiger partial charge is 0.355 e. The molecule has 3 aliphatic rings. The highest BCUT2D eigenvalue weighted by Crippen LogP contribution is 2.41. The van der Waals surface area contributed by atoms with E-state index in [1.165, 1.54) is 22.9 Å². The topological polar surface area (TPSA) is 151 Å². The second kappa shape index (κ2) is 13.1. The number of oxime groups is 1. The standard InChI is InChI=1S/C22H22ClFN6O7S2/c1-35-14-4-2-12(3-5-14)8-36-22(34)17-13(6-23)9-38-21-16(20(33)30(17)21)26-19(32)18(27-37-10-24)29-7-15(25-11-31)39-28-29/h2-5,7,11,16,21,28H,6,8-10H2,1H3,(H,25,31)(H,26,32)/t16-,21-/m1/s1. The number of halogens is 2. The number of fused-ring (bicyclic) bond motifs is 1. The van der Waals surface area contributed by atoms with Gasteiger partial charge < -0.3 is 24.9 Å². The number of hydrogen-bond donors (Lipinski definition) is 3. The monoisotopic (exact) mass is 600 g/mol. The Kier molecular flexibility index (Phi) is 9.55. The van der Waals surface area contributed by atoms with Gasteiger partial charge in [-0.15, -0.1) is 23.4 Å². The van der Waals surface area contributed by atoms with Crippen LogP contribution >= 0.6 is 35.3 Å². The van der Waals surface area contributed by atoms with Crippen molar-refractivity contribution in [2.75, 3.05) is 25.6 Å².